The lowest BCUT2D eigenvalue weighted by Gasteiger charge is -2.40. The molecule has 23 heavy (non-hydrogen) atoms. The van der Waals surface area contributed by atoms with Gasteiger partial charge in [-0.15, -0.1) is 0 Å². The molecule has 2 aliphatic rings. The van der Waals surface area contributed by atoms with Crippen molar-refractivity contribution < 1.29 is 9.94 Å². The number of hydroxylamine groups is 1. The third-order valence-corrected chi connectivity index (χ3v) is 5.69. The molecular formula is C16H19Br2ClN2O2. The summed E-state index contributed by atoms with van der Waals surface area (Å²) in [7, 11) is 0. The lowest BCUT2D eigenvalue weighted by atomic mass is 9.97. The predicted molar refractivity (Wildman–Crippen MR) is 99.2 cm³/mol. The molecule has 1 aromatic rings. The van der Waals surface area contributed by atoms with Gasteiger partial charge < -0.3 is 9.64 Å². The molecule has 1 fully saturated rings. The third-order valence-electron chi connectivity index (χ3n) is 4.26. The van der Waals surface area contributed by atoms with Gasteiger partial charge in [0.05, 0.1) is 24.9 Å². The van der Waals surface area contributed by atoms with Crippen LogP contribution in [-0.2, 0) is 4.74 Å². The van der Waals surface area contributed by atoms with Gasteiger partial charge in [-0.1, -0.05) is 17.7 Å². The molecule has 0 aromatic heterocycles. The molecule has 0 spiro atoms. The third kappa shape index (κ3) is 3.87. The van der Waals surface area contributed by atoms with Crippen molar-refractivity contribution in [2.75, 3.05) is 31.4 Å². The zero-order chi connectivity index (χ0) is 16.4. The van der Waals surface area contributed by atoms with E-state index in [0.29, 0.717) is 10.7 Å². The van der Waals surface area contributed by atoms with Crippen molar-refractivity contribution in [3.8, 4) is 0 Å². The predicted octanol–water partition coefficient (Wildman–Crippen LogP) is 4.83. The minimum Gasteiger partial charge on any atom is -0.378 e. The number of hydrogen-bond donors (Lipinski definition) is 1. The first-order chi connectivity index (χ1) is 11.1. The van der Waals surface area contributed by atoms with Gasteiger partial charge in [-0.3, -0.25) is 5.21 Å². The molecule has 4 nitrogen and oxygen atoms in total. The van der Waals surface area contributed by atoms with E-state index in [-0.39, 0.29) is 6.04 Å². The minimum atomic E-state index is -0.0596. The summed E-state index contributed by atoms with van der Waals surface area (Å²) in [5.74, 6) is 0. The van der Waals surface area contributed by atoms with Crippen LogP contribution in [0.1, 0.15) is 19.3 Å². The second-order valence-electron chi connectivity index (χ2n) is 5.74. The molecule has 1 N–H and O–H groups in total. The summed E-state index contributed by atoms with van der Waals surface area (Å²) in [6.07, 6.45) is 5.29. The lowest BCUT2D eigenvalue weighted by Crippen LogP contribution is -2.46. The van der Waals surface area contributed by atoms with Crippen LogP contribution >= 0.6 is 43.5 Å². The first-order valence-electron chi connectivity index (χ1n) is 7.73. The van der Waals surface area contributed by atoms with Gasteiger partial charge in [-0.05, 0) is 63.3 Å². The van der Waals surface area contributed by atoms with Gasteiger partial charge in [-0.2, -0.15) is 0 Å². The standard InChI is InChI=1S/C16H19Br2ClN2O2/c17-12-9-11(19)10-13(18)16(12)21(22)15-4-2-1-3-14(15)20-5-7-23-8-6-20/h3,9-10,15,22H,1-2,4-8H2. The molecule has 1 heterocycles. The molecule has 1 aliphatic carbocycles. The lowest BCUT2D eigenvalue weighted by molar-refractivity contribution is 0.0463. The maximum absolute atomic E-state index is 10.9. The van der Waals surface area contributed by atoms with Gasteiger partial charge in [0.2, 0.25) is 0 Å². The average Bonchev–Trinajstić information content (AvgIpc) is 2.54. The Morgan fingerprint density at radius 1 is 1.22 bits per heavy atom. The van der Waals surface area contributed by atoms with Crippen molar-refractivity contribution in [3.63, 3.8) is 0 Å². The van der Waals surface area contributed by atoms with Gasteiger partial charge in [-0.25, -0.2) is 5.06 Å². The number of rotatable bonds is 3. The molecule has 7 heteroatoms. The summed E-state index contributed by atoms with van der Waals surface area (Å²) >= 11 is 13.1. The first kappa shape index (κ1) is 17.5. The van der Waals surface area contributed by atoms with E-state index in [4.69, 9.17) is 16.3 Å². The van der Waals surface area contributed by atoms with Crippen LogP contribution < -0.4 is 5.06 Å². The quantitative estimate of drug-likeness (QED) is 0.648. The summed E-state index contributed by atoms with van der Waals surface area (Å²) in [6.45, 7) is 3.23. The van der Waals surface area contributed by atoms with Crippen molar-refractivity contribution >= 4 is 49.1 Å². The molecule has 1 aromatic carbocycles. The van der Waals surface area contributed by atoms with E-state index >= 15 is 0 Å². The Bertz CT molecular complexity index is 583. The normalized spacial score (nSPS) is 22.0. The molecule has 0 bridgehead atoms. The number of ether oxygens (including phenoxy) is 1. The van der Waals surface area contributed by atoms with E-state index < -0.39 is 0 Å². The Morgan fingerprint density at radius 2 is 1.87 bits per heavy atom. The summed E-state index contributed by atoms with van der Waals surface area (Å²) in [5.41, 5.74) is 1.90. The van der Waals surface area contributed by atoms with Crippen LogP contribution in [0.5, 0.6) is 0 Å². The smallest absolute Gasteiger partial charge is 0.0957 e. The molecule has 1 unspecified atom stereocenters. The number of benzene rings is 1. The fraction of sp³-hybridized carbons (Fsp3) is 0.500. The van der Waals surface area contributed by atoms with Crippen LogP contribution in [0.25, 0.3) is 0 Å². The highest BCUT2D eigenvalue weighted by Gasteiger charge is 2.30. The van der Waals surface area contributed by atoms with Crippen LogP contribution in [0, 0.1) is 0 Å². The Labute approximate surface area is 158 Å². The second kappa shape index (κ2) is 7.74. The van der Waals surface area contributed by atoms with Gasteiger partial charge >= 0.3 is 0 Å². The summed E-state index contributed by atoms with van der Waals surface area (Å²) in [5, 5.41) is 12.9. The maximum atomic E-state index is 10.9. The number of anilines is 1. The Balaban J connectivity index is 1.89. The SMILES string of the molecule is ON(c1c(Br)cc(Cl)cc1Br)C1CCCC=C1N1CCOCC1. The van der Waals surface area contributed by atoms with Crippen LogP contribution in [-0.4, -0.2) is 42.5 Å². The van der Waals surface area contributed by atoms with Crippen LogP contribution in [0.2, 0.25) is 5.02 Å². The van der Waals surface area contributed by atoms with E-state index in [1.54, 1.807) is 12.1 Å². The molecule has 0 saturated carbocycles. The van der Waals surface area contributed by atoms with E-state index in [0.717, 1.165) is 54.5 Å². The Hall–Kier alpha value is -0.270. The highest BCUT2D eigenvalue weighted by atomic mass is 79.9. The summed E-state index contributed by atoms with van der Waals surface area (Å²) in [4.78, 5) is 2.33. The van der Waals surface area contributed by atoms with E-state index in [1.165, 1.54) is 10.8 Å². The van der Waals surface area contributed by atoms with Crippen LogP contribution in [0.3, 0.4) is 0 Å². The van der Waals surface area contributed by atoms with Crippen molar-refractivity contribution in [2.24, 2.45) is 0 Å². The largest absolute Gasteiger partial charge is 0.378 e. The molecule has 3 rings (SSSR count). The summed E-state index contributed by atoms with van der Waals surface area (Å²) in [6, 6.07) is 3.54. The van der Waals surface area contributed by atoms with E-state index in [1.807, 2.05) is 0 Å². The second-order valence-corrected chi connectivity index (χ2v) is 7.88. The van der Waals surface area contributed by atoms with E-state index in [9.17, 15) is 5.21 Å². The van der Waals surface area contributed by atoms with Crippen molar-refractivity contribution in [1.82, 2.24) is 4.90 Å². The van der Waals surface area contributed by atoms with Crippen LogP contribution in [0.4, 0.5) is 5.69 Å². The average molecular weight is 467 g/mol. The Morgan fingerprint density at radius 3 is 2.52 bits per heavy atom. The van der Waals surface area contributed by atoms with Gasteiger partial charge in [0.25, 0.3) is 0 Å². The van der Waals surface area contributed by atoms with Crippen molar-refractivity contribution in [3.05, 3.63) is 37.9 Å². The number of nitrogens with zero attached hydrogens (tertiary/aromatic N) is 2. The first-order valence-corrected chi connectivity index (χ1v) is 9.69. The molecule has 126 valence electrons. The molecular weight excluding hydrogens is 447 g/mol. The number of halogens is 3. The van der Waals surface area contributed by atoms with E-state index in [2.05, 4.69) is 42.8 Å². The van der Waals surface area contributed by atoms with Gasteiger partial charge in [0, 0.05) is 32.8 Å². The fourth-order valence-electron chi connectivity index (χ4n) is 3.16. The minimum absolute atomic E-state index is 0.0596. The zero-order valence-corrected chi connectivity index (χ0v) is 16.6. The number of morpholine rings is 1. The van der Waals surface area contributed by atoms with Gasteiger partial charge in [0.1, 0.15) is 0 Å². The molecule has 1 saturated heterocycles. The summed E-state index contributed by atoms with van der Waals surface area (Å²) < 4.78 is 6.99. The van der Waals surface area contributed by atoms with Crippen molar-refractivity contribution in [2.45, 2.75) is 25.3 Å². The number of allylic oxidation sites excluding steroid dienone is 1. The zero-order valence-electron chi connectivity index (χ0n) is 12.6. The fourth-order valence-corrected chi connectivity index (χ4v) is 5.19. The van der Waals surface area contributed by atoms with Crippen molar-refractivity contribution in [1.29, 1.82) is 0 Å². The van der Waals surface area contributed by atoms with Crippen LogP contribution in [0.15, 0.2) is 32.9 Å². The maximum Gasteiger partial charge on any atom is 0.0957 e. The Kier molecular flexibility index (Phi) is 5.91. The highest BCUT2D eigenvalue weighted by molar-refractivity contribution is 9.11. The molecule has 1 aliphatic heterocycles. The number of hydrogen-bond acceptors (Lipinski definition) is 4. The molecule has 1 atom stereocenters. The molecule has 0 radical (unpaired) electrons. The van der Waals surface area contributed by atoms with Gasteiger partial charge in [0.15, 0.2) is 0 Å². The topological polar surface area (TPSA) is 35.9 Å². The monoisotopic (exact) mass is 464 g/mol. The highest BCUT2D eigenvalue weighted by Crippen LogP contribution is 2.39. The molecule has 0 amide bonds.